The first-order chi connectivity index (χ1) is 8.69. The Hall–Kier alpha value is -0.340. The molecule has 0 spiro atoms. The second kappa shape index (κ2) is 4.89. The van der Waals surface area contributed by atoms with E-state index < -0.39 is 21.5 Å². The van der Waals surface area contributed by atoms with E-state index in [1.54, 1.807) is 0 Å². The van der Waals surface area contributed by atoms with Crippen LogP contribution in [0.2, 0.25) is 8.67 Å². The van der Waals surface area contributed by atoms with E-state index in [1.165, 1.54) is 6.92 Å². The summed E-state index contributed by atoms with van der Waals surface area (Å²) in [6.45, 7) is 1.54. The van der Waals surface area contributed by atoms with Crippen molar-refractivity contribution in [2.45, 2.75) is 36.6 Å². The summed E-state index contributed by atoms with van der Waals surface area (Å²) in [6, 6.07) is 0. The summed E-state index contributed by atoms with van der Waals surface area (Å²) in [5.41, 5.74) is -1.08. The van der Waals surface area contributed by atoms with E-state index in [0.717, 1.165) is 11.3 Å². The molecule has 1 heterocycles. The van der Waals surface area contributed by atoms with Gasteiger partial charge in [0.15, 0.2) is 0 Å². The molecule has 1 aliphatic carbocycles. The number of aliphatic carboxylic acids is 1. The molecular weight excluding hydrogens is 333 g/mol. The van der Waals surface area contributed by atoms with Crippen LogP contribution in [0.25, 0.3) is 0 Å². The van der Waals surface area contributed by atoms with Crippen molar-refractivity contribution in [2.75, 3.05) is 0 Å². The van der Waals surface area contributed by atoms with Gasteiger partial charge >= 0.3 is 5.97 Å². The molecule has 0 saturated heterocycles. The summed E-state index contributed by atoms with van der Waals surface area (Å²) in [4.78, 5) is 11.1. The topological polar surface area (TPSA) is 83.5 Å². The van der Waals surface area contributed by atoms with Crippen LogP contribution in [-0.4, -0.2) is 25.0 Å². The van der Waals surface area contributed by atoms with Gasteiger partial charge in [0.2, 0.25) is 10.0 Å². The summed E-state index contributed by atoms with van der Waals surface area (Å²) in [7, 11) is -4.00. The van der Waals surface area contributed by atoms with Crippen LogP contribution < -0.4 is 4.72 Å². The van der Waals surface area contributed by atoms with E-state index in [4.69, 9.17) is 28.3 Å². The lowest BCUT2D eigenvalue weighted by molar-refractivity contribution is -0.147. The average Bonchev–Trinajstić information content (AvgIpc) is 2.47. The molecule has 0 aliphatic heterocycles. The molecule has 0 amide bonds. The van der Waals surface area contributed by atoms with E-state index >= 15 is 0 Å². The van der Waals surface area contributed by atoms with Gasteiger partial charge in [-0.15, -0.1) is 11.3 Å². The monoisotopic (exact) mass is 343 g/mol. The van der Waals surface area contributed by atoms with Crippen molar-refractivity contribution >= 4 is 50.5 Å². The second-order valence-corrected chi connectivity index (χ2v) is 8.29. The smallest absolute Gasteiger partial charge is 0.324 e. The zero-order valence-electron chi connectivity index (χ0n) is 9.87. The number of hydrogen-bond donors (Lipinski definition) is 2. The van der Waals surface area contributed by atoms with Crippen LogP contribution in [0.1, 0.15) is 24.8 Å². The predicted molar refractivity (Wildman–Crippen MR) is 73.6 cm³/mol. The molecular formula is C10H11Cl2NO4S2. The van der Waals surface area contributed by atoms with Gasteiger partial charge in [-0.1, -0.05) is 23.2 Å². The fourth-order valence-corrected chi connectivity index (χ4v) is 5.92. The SMILES string of the molecule is Cc1c(Cl)sc(Cl)c1S(=O)(=O)NC1(C(=O)O)CCC1. The van der Waals surface area contributed by atoms with Gasteiger partial charge < -0.3 is 5.11 Å². The van der Waals surface area contributed by atoms with E-state index in [-0.39, 0.29) is 26.4 Å². The van der Waals surface area contributed by atoms with Crippen LogP contribution in [0.15, 0.2) is 4.90 Å². The molecule has 0 radical (unpaired) electrons. The Morgan fingerprint density at radius 3 is 2.26 bits per heavy atom. The highest BCUT2D eigenvalue weighted by atomic mass is 35.5. The van der Waals surface area contributed by atoms with E-state index in [9.17, 15) is 13.2 Å². The van der Waals surface area contributed by atoms with Crippen LogP contribution in [0.3, 0.4) is 0 Å². The van der Waals surface area contributed by atoms with Crippen molar-refractivity contribution in [1.29, 1.82) is 0 Å². The number of thiophene rings is 1. The summed E-state index contributed by atoms with van der Waals surface area (Å²) >= 11 is 12.7. The Balaban J connectivity index is 2.41. The number of nitrogens with one attached hydrogen (secondary N) is 1. The average molecular weight is 344 g/mol. The molecule has 1 aromatic heterocycles. The third-order valence-corrected chi connectivity index (χ3v) is 6.96. The molecule has 9 heteroatoms. The number of carbonyl (C=O) groups is 1. The first kappa shape index (κ1) is 15.1. The van der Waals surface area contributed by atoms with Crippen LogP contribution in [0.4, 0.5) is 0 Å². The molecule has 106 valence electrons. The molecule has 2 rings (SSSR count). The molecule has 1 fully saturated rings. The number of carboxylic acid groups (broad SMARTS) is 1. The maximum absolute atomic E-state index is 12.3. The minimum Gasteiger partial charge on any atom is -0.480 e. The van der Waals surface area contributed by atoms with Crippen molar-refractivity contribution in [2.24, 2.45) is 0 Å². The highest BCUT2D eigenvalue weighted by Crippen LogP contribution is 2.41. The van der Waals surface area contributed by atoms with Crippen molar-refractivity contribution in [3.8, 4) is 0 Å². The van der Waals surface area contributed by atoms with Gasteiger partial charge in [-0.05, 0) is 26.2 Å². The lowest BCUT2D eigenvalue weighted by Crippen LogP contribution is -2.58. The van der Waals surface area contributed by atoms with E-state index in [0.29, 0.717) is 12.0 Å². The quantitative estimate of drug-likeness (QED) is 0.880. The van der Waals surface area contributed by atoms with Crippen molar-refractivity contribution in [1.82, 2.24) is 4.72 Å². The number of halogens is 2. The van der Waals surface area contributed by atoms with Gasteiger partial charge in [0.25, 0.3) is 0 Å². The van der Waals surface area contributed by atoms with E-state index in [1.807, 2.05) is 0 Å². The minimum atomic E-state index is -4.00. The Morgan fingerprint density at radius 2 is 1.95 bits per heavy atom. The van der Waals surface area contributed by atoms with Gasteiger partial charge in [-0.3, -0.25) is 4.79 Å². The lowest BCUT2D eigenvalue weighted by Gasteiger charge is -2.37. The third-order valence-electron chi connectivity index (χ3n) is 3.21. The third kappa shape index (κ3) is 2.50. The molecule has 0 aromatic carbocycles. The number of carboxylic acids is 1. The van der Waals surface area contributed by atoms with Gasteiger partial charge in [-0.2, -0.15) is 4.72 Å². The Kier molecular flexibility index (Phi) is 3.88. The van der Waals surface area contributed by atoms with Crippen LogP contribution in [-0.2, 0) is 14.8 Å². The maximum Gasteiger partial charge on any atom is 0.324 e. The molecule has 0 atom stereocenters. The Labute approximate surface area is 124 Å². The van der Waals surface area contributed by atoms with Crippen molar-refractivity contribution in [3.63, 3.8) is 0 Å². The molecule has 1 aromatic rings. The maximum atomic E-state index is 12.3. The number of sulfonamides is 1. The summed E-state index contributed by atoms with van der Waals surface area (Å²) in [6.07, 6.45) is 1.22. The predicted octanol–water partition coefficient (Wildman–Crippen LogP) is 2.65. The van der Waals surface area contributed by atoms with Crippen LogP contribution >= 0.6 is 34.5 Å². The summed E-state index contributed by atoms with van der Waals surface area (Å²) in [5.74, 6) is -1.17. The molecule has 2 N–H and O–H groups in total. The molecule has 1 aliphatic rings. The number of hydrogen-bond acceptors (Lipinski definition) is 4. The van der Waals surface area contributed by atoms with Gasteiger partial charge in [0, 0.05) is 5.56 Å². The highest BCUT2D eigenvalue weighted by molar-refractivity contribution is 7.90. The molecule has 0 bridgehead atoms. The van der Waals surface area contributed by atoms with Crippen molar-refractivity contribution in [3.05, 3.63) is 14.2 Å². The fraction of sp³-hybridized carbons (Fsp3) is 0.500. The van der Waals surface area contributed by atoms with Gasteiger partial charge in [-0.25, -0.2) is 8.42 Å². The molecule has 19 heavy (non-hydrogen) atoms. The standard InChI is InChI=1S/C10H11Cl2NO4S2/c1-5-6(8(12)18-7(5)11)19(16,17)13-10(9(14)15)3-2-4-10/h13H,2-4H2,1H3,(H,14,15). The van der Waals surface area contributed by atoms with Gasteiger partial charge in [0.1, 0.15) is 14.8 Å². The van der Waals surface area contributed by atoms with Crippen molar-refractivity contribution < 1.29 is 18.3 Å². The van der Waals surface area contributed by atoms with Gasteiger partial charge in [0.05, 0.1) is 4.34 Å². The Morgan fingerprint density at radius 1 is 1.37 bits per heavy atom. The first-order valence-corrected chi connectivity index (χ1v) is 8.47. The van der Waals surface area contributed by atoms with Crippen LogP contribution in [0, 0.1) is 6.92 Å². The summed E-state index contributed by atoms with van der Waals surface area (Å²) < 4.78 is 27.1. The Bertz CT molecular complexity index is 634. The van der Waals surface area contributed by atoms with Crippen LogP contribution in [0.5, 0.6) is 0 Å². The summed E-state index contributed by atoms with van der Waals surface area (Å²) in [5, 5.41) is 9.15. The zero-order valence-corrected chi connectivity index (χ0v) is 13.0. The minimum absolute atomic E-state index is 0.0369. The molecule has 5 nitrogen and oxygen atoms in total. The molecule has 1 saturated carbocycles. The first-order valence-electron chi connectivity index (χ1n) is 5.41. The van der Waals surface area contributed by atoms with E-state index in [2.05, 4.69) is 4.72 Å². The lowest BCUT2D eigenvalue weighted by atomic mass is 9.78. The molecule has 0 unspecified atom stereocenters. The normalized spacial score (nSPS) is 18.1. The second-order valence-electron chi connectivity index (χ2n) is 4.45. The number of rotatable bonds is 4. The fourth-order valence-electron chi connectivity index (χ4n) is 1.94. The highest BCUT2D eigenvalue weighted by Gasteiger charge is 2.48. The largest absolute Gasteiger partial charge is 0.480 e. The zero-order chi connectivity index (χ0) is 14.4.